The second-order valence-corrected chi connectivity index (χ2v) is 8.64. The van der Waals surface area contributed by atoms with E-state index in [-0.39, 0.29) is 11.5 Å². The number of carbonyl (C=O) groups excluding carboxylic acids is 1. The van der Waals surface area contributed by atoms with E-state index in [0.717, 1.165) is 30.2 Å². The van der Waals surface area contributed by atoms with Crippen LogP contribution in [-0.2, 0) is 4.79 Å². The lowest BCUT2D eigenvalue weighted by Gasteiger charge is -2.58. The van der Waals surface area contributed by atoms with Crippen LogP contribution in [0.15, 0.2) is 0 Å². The lowest BCUT2D eigenvalue weighted by molar-refractivity contribution is -0.142. The zero-order valence-electron chi connectivity index (χ0n) is 12.3. The van der Waals surface area contributed by atoms with Crippen molar-refractivity contribution < 1.29 is 4.79 Å². The second-order valence-electron chi connectivity index (χ2n) is 8.64. The van der Waals surface area contributed by atoms with Crippen molar-refractivity contribution in [2.75, 3.05) is 6.54 Å². The molecule has 1 heterocycles. The van der Waals surface area contributed by atoms with E-state index in [9.17, 15) is 4.79 Å². The highest BCUT2D eigenvalue weighted by atomic mass is 16.2. The van der Waals surface area contributed by atoms with Crippen molar-refractivity contribution in [3.63, 3.8) is 0 Å². The van der Waals surface area contributed by atoms with Gasteiger partial charge in [0.25, 0.3) is 0 Å². The summed E-state index contributed by atoms with van der Waals surface area (Å²) in [4.78, 5) is 15.0. The van der Waals surface area contributed by atoms with Crippen molar-refractivity contribution >= 4 is 5.91 Å². The Morgan fingerprint density at radius 2 is 1.65 bits per heavy atom. The van der Waals surface area contributed by atoms with Gasteiger partial charge in [-0.15, -0.1) is 0 Å². The fourth-order valence-electron chi connectivity index (χ4n) is 6.67. The highest BCUT2D eigenvalue weighted by Gasteiger charge is 2.57. The van der Waals surface area contributed by atoms with Gasteiger partial charge in [0, 0.05) is 12.6 Å². The largest absolute Gasteiger partial charge is 0.338 e. The Kier molecular flexibility index (Phi) is 2.28. The van der Waals surface area contributed by atoms with Crippen molar-refractivity contribution in [1.29, 1.82) is 0 Å². The van der Waals surface area contributed by atoms with Crippen LogP contribution in [0.2, 0.25) is 0 Å². The number of nitrogens with zero attached hydrogens (tertiary/aromatic N) is 1. The van der Waals surface area contributed by atoms with Gasteiger partial charge in [0.05, 0.1) is 6.04 Å². The van der Waals surface area contributed by atoms with E-state index in [1.807, 2.05) is 0 Å². The molecule has 20 heavy (non-hydrogen) atoms. The monoisotopic (exact) mass is 274 g/mol. The number of carbonyl (C=O) groups is 1. The molecule has 3 heteroatoms. The standard InChI is InChI=1S/C17H26N2O/c18-15(16(20)19-2-1-13-6-14(13)19)17-7-10-3-11(8-17)5-12(4-10)9-17/h10-15H,1-9,18H2. The lowest BCUT2D eigenvalue weighted by Crippen LogP contribution is -2.60. The number of fused-ring (bicyclic) bond motifs is 1. The maximum Gasteiger partial charge on any atom is 0.240 e. The zero-order chi connectivity index (χ0) is 13.5. The molecule has 3 nitrogen and oxygen atoms in total. The summed E-state index contributed by atoms with van der Waals surface area (Å²) in [6, 6.07) is 0.373. The van der Waals surface area contributed by atoms with Crippen LogP contribution in [0.25, 0.3) is 0 Å². The molecular formula is C17H26N2O. The Bertz CT molecular complexity index is 425. The molecule has 1 amide bonds. The molecule has 110 valence electrons. The topological polar surface area (TPSA) is 46.3 Å². The van der Waals surface area contributed by atoms with Crippen molar-refractivity contribution in [2.45, 2.75) is 63.5 Å². The van der Waals surface area contributed by atoms with E-state index in [4.69, 9.17) is 5.73 Å². The summed E-state index contributed by atoms with van der Waals surface area (Å²) in [5.74, 6) is 3.77. The third-order valence-corrected chi connectivity index (χ3v) is 7.32. The Balaban J connectivity index is 1.40. The van der Waals surface area contributed by atoms with Crippen LogP contribution in [0.1, 0.15) is 51.4 Å². The van der Waals surface area contributed by atoms with Crippen molar-refractivity contribution in [3.05, 3.63) is 0 Å². The molecule has 6 rings (SSSR count). The third kappa shape index (κ3) is 1.53. The van der Waals surface area contributed by atoms with E-state index in [1.54, 1.807) is 0 Å². The lowest BCUT2D eigenvalue weighted by atomic mass is 9.47. The molecule has 1 saturated heterocycles. The number of amides is 1. The average Bonchev–Trinajstić information content (AvgIpc) is 3.07. The average molecular weight is 274 g/mol. The fourth-order valence-corrected chi connectivity index (χ4v) is 6.67. The van der Waals surface area contributed by atoms with E-state index >= 15 is 0 Å². The van der Waals surface area contributed by atoms with Gasteiger partial charge in [-0.3, -0.25) is 4.79 Å². The molecule has 1 aliphatic heterocycles. The maximum absolute atomic E-state index is 12.9. The third-order valence-electron chi connectivity index (χ3n) is 7.32. The van der Waals surface area contributed by atoms with Gasteiger partial charge in [-0.05, 0) is 80.5 Å². The number of rotatable bonds is 2. The van der Waals surface area contributed by atoms with E-state index in [1.165, 1.54) is 51.4 Å². The highest BCUT2D eigenvalue weighted by molar-refractivity contribution is 5.83. The van der Waals surface area contributed by atoms with Crippen LogP contribution < -0.4 is 5.73 Å². The van der Waals surface area contributed by atoms with Gasteiger partial charge in [0.1, 0.15) is 0 Å². The molecule has 0 radical (unpaired) electrons. The van der Waals surface area contributed by atoms with Crippen LogP contribution in [-0.4, -0.2) is 29.4 Å². The summed E-state index contributed by atoms with van der Waals surface area (Å²) in [5, 5.41) is 0. The molecule has 6 aliphatic rings. The maximum atomic E-state index is 12.9. The summed E-state index contributed by atoms with van der Waals surface area (Å²) in [7, 11) is 0. The molecule has 0 aromatic carbocycles. The SMILES string of the molecule is NC(C(=O)N1CCC2CC21)C12CC3CC(CC(C3)C1)C2. The molecule has 6 fully saturated rings. The number of hydrogen-bond acceptors (Lipinski definition) is 2. The summed E-state index contributed by atoms with van der Waals surface area (Å²) in [6.45, 7) is 0.980. The summed E-state index contributed by atoms with van der Waals surface area (Å²) >= 11 is 0. The number of hydrogen-bond donors (Lipinski definition) is 1. The molecule has 5 saturated carbocycles. The smallest absolute Gasteiger partial charge is 0.240 e. The quantitative estimate of drug-likeness (QED) is 0.838. The van der Waals surface area contributed by atoms with Gasteiger partial charge in [0.15, 0.2) is 0 Å². The van der Waals surface area contributed by atoms with Gasteiger partial charge in [-0.1, -0.05) is 0 Å². The van der Waals surface area contributed by atoms with Crippen molar-refractivity contribution in [3.8, 4) is 0 Å². The highest BCUT2D eigenvalue weighted by Crippen LogP contribution is 2.61. The summed E-state index contributed by atoms with van der Waals surface area (Å²) in [6.07, 6.45) is 10.5. The fraction of sp³-hybridized carbons (Fsp3) is 0.941. The number of piperidine rings is 1. The van der Waals surface area contributed by atoms with Crippen LogP contribution in [0, 0.1) is 29.1 Å². The van der Waals surface area contributed by atoms with Crippen LogP contribution in [0.3, 0.4) is 0 Å². The Morgan fingerprint density at radius 3 is 2.10 bits per heavy atom. The Morgan fingerprint density at radius 1 is 1.05 bits per heavy atom. The predicted octanol–water partition coefficient (Wildman–Crippen LogP) is 2.15. The first-order valence-corrected chi connectivity index (χ1v) is 8.71. The predicted molar refractivity (Wildman–Crippen MR) is 76.8 cm³/mol. The minimum Gasteiger partial charge on any atom is -0.338 e. The molecule has 0 aromatic rings. The van der Waals surface area contributed by atoms with Crippen LogP contribution in [0.5, 0.6) is 0 Å². The number of likely N-dealkylation sites (tertiary alicyclic amines) is 1. The Labute approximate surface area is 121 Å². The summed E-state index contributed by atoms with van der Waals surface area (Å²) in [5.41, 5.74) is 6.77. The molecule has 0 aromatic heterocycles. The van der Waals surface area contributed by atoms with Gasteiger partial charge < -0.3 is 10.6 Å². The van der Waals surface area contributed by atoms with Crippen molar-refractivity contribution in [1.82, 2.24) is 4.90 Å². The minimum absolute atomic E-state index is 0.179. The zero-order valence-corrected chi connectivity index (χ0v) is 12.3. The van der Waals surface area contributed by atoms with Gasteiger partial charge >= 0.3 is 0 Å². The van der Waals surface area contributed by atoms with Crippen LogP contribution in [0.4, 0.5) is 0 Å². The van der Waals surface area contributed by atoms with E-state index in [2.05, 4.69) is 4.90 Å². The molecule has 3 atom stereocenters. The Hall–Kier alpha value is -0.570. The summed E-state index contributed by atoms with van der Waals surface area (Å²) < 4.78 is 0. The molecule has 0 spiro atoms. The van der Waals surface area contributed by atoms with E-state index in [0.29, 0.717) is 11.9 Å². The molecule has 4 bridgehead atoms. The molecule has 2 N–H and O–H groups in total. The minimum atomic E-state index is -0.199. The first-order chi connectivity index (χ1) is 9.64. The van der Waals surface area contributed by atoms with Crippen LogP contribution >= 0.6 is 0 Å². The first-order valence-electron chi connectivity index (χ1n) is 8.71. The van der Waals surface area contributed by atoms with E-state index < -0.39 is 0 Å². The van der Waals surface area contributed by atoms with Gasteiger partial charge in [0.2, 0.25) is 5.91 Å². The molecule has 3 unspecified atom stereocenters. The van der Waals surface area contributed by atoms with Crippen molar-refractivity contribution in [2.24, 2.45) is 34.8 Å². The molecular weight excluding hydrogens is 248 g/mol. The molecule has 5 aliphatic carbocycles. The first kappa shape index (κ1) is 12.0. The van der Waals surface area contributed by atoms with Gasteiger partial charge in [-0.2, -0.15) is 0 Å². The second kappa shape index (κ2) is 3.79. The van der Waals surface area contributed by atoms with Gasteiger partial charge in [-0.25, -0.2) is 0 Å². The number of nitrogens with two attached hydrogens (primary N) is 1. The normalized spacial score (nSPS) is 53.0.